The largest absolute Gasteiger partial charge is 0.306 e. The maximum Gasteiger partial charge on any atom is 0.249 e. The van der Waals surface area contributed by atoms with Gasteiger partial charge in [-0.2, -0.15) is 5.10 Å². The van der Waals surface area contributed by atoms with E-state index in [1.165, 1.54) is 18.2 Å². The number of aromatic nitrogens is 2. The molecule has 0 atom stereocenters. The van der Waals surface area contributed by atoms with Crippen LogP contribution in [-0.2, 0) is 11.3 Å². The summed E-state index contributed by atoms with van der Waals surface area (Å²) in [5.74, 6) is -0.236. The van der Waals surface area contributed by atoms with Gasteiger partial charge in [-0.05, 0) is 42.8 Å². The Bertz CT molecular complexity index is 977. The number of aryl methyl sites for hydroxylation is 1. The second-order valence-corrected chi connectivity index (χ2v) is 6.72. The van der Waals surface area contributed by atoms with Gasteiger partial charge in [0.15, 0.2) is 5.82 Å². The number of hydrogen-bond acceptors (Lipinski definition) is 2. The number of carbonyl (C=O) groups is 1. The van der Waals surface area contributed by atoms with Crippen LogP contribution in [0.4, 0.5) is 10.2 Å². The molecule has 2 aromatic carbocycles. The minimum Gasteiger partial charge on any atom is -0.306 e. The summed E-state index contributed by atoms with van der Waals surface area (Å²) in [5.41, 5.74) is 2.34. The molecule has 3 rings (SSSR count). The maximum absolute atomic E-state index is 12.9. The van der Waals surface area contributed by atoms with Crippen LogP contribution >= 0.6 is 23.2 Å². The molecule has 0 spiro atoms. The van der Waals surface area contributed by atoms with Crippen LogP contribution in [0.25, 0.3) is 6.08 Å². The van der Waals surface area contributed by atoms with E-state index in [2.05, 4.69) is 10.4 Å². The smallest absolute Gasteiger partial charge is 0.249 e. The molecule has 0 bridgehead atoms. The van der Waals surface area contributed by atoms with Gasteiger partial charge in [-0.3, -0.25) is 9.48 Å². The van der Waals surface area contributed by atoms with E-state index in [1.54, 1.807) is 47.2 Å². The molecular weight excluding hydrogens is 388 g/mol. The van der Waals surface area contributed by atoms with E-state index in [9.17, 15) is 9.18 Å². The number of amides is 1. The normalized spacial score (nSPS) is 11.1. The van der Waals surface area contributed by atoms with Gasteiger partial charge in [0.25, 0.3) is 0 Å². The molecule has 0 radical (unpaired) electrons. The molecule has 3 aromatic rings. The predicted octanol–water partition coefficient (Wildman–Crippen LogP) is 5.34. The molecular formula is C20H16Cl2FN3O. The minimum atomic E-state index is -0.334. The fraction of sp³-hybridized carbons (Fsp3) is 0.100. The standard InChI is InChI=1S/C20H16Cl2FN3O/c1-13-11-19(24-20(27)10-7-14-5-8-15(23)9-6-14)25-26(13)12-16-17(21)3-2-4-18(16)22/h2-11H,12H2,1H3,(H,24,25,27)/b10-7+. The van der Waals surface area contributed by atoms with E-state index >= 15 is 0 Å². The number of hydrogen-bond donors (Lipinski definition) is 1. The molecule has 1 amide bonds. The van der Waals surface area contributed by atoms with Crippen LogP contribution < -0.4 is 5.32 Å². The molecule has 0 fully saturated rings. The van der Waals surface area contributed by atoms with E-state index in [1.807, 2.05) is 6.92 Å². The van der Waals surface area contributed by atoms with Crippen molar-refractivity contribution in [2.45, 2.75) is 13.5 Å². The van der Waals surface area contributed by atoms with Gasteiger partial charge in [0, 0.05) is 33.4 Å². The average molecular weight is 404 g/mol. The molecule has 0 aliphatic heterocycles. The Morgan fingerprint density at radius 1 is 1.19 bits per heavy atom. The van der Waals surface area contributed by atoms with Crippen molar-refractivity contribution in [1.82, 2.24) is 9.78 Å². The van der Waals surface area contributed by atoms with Crippen molar-refractivity contribution >= 4 is 41.0 Å². The summed E-state index contributed by atoms with van der Waals surface area (Å²) in [6.07, 6.45) is 2.97. The fourth-order valence-electron chi connectivity index (χ4n) is 2.48. The molecule has 0 saturated heterocycles. The first kappa shape index (κ1) is 19.1. The Hall–Kier alpha value is -2.63. The van der Waals surface area contributed by atoms with Crippen LogP contribution in [0.1, 0.15) is 16.8 Å². The monoisotopic (exact) mass is 403 g/mol. The lowest BCUT2D eigenvalue weighted by Gasteiger charge is -2.08. The number of carbonyl (C=O) groups excluding carboxylic acids is 1. The highest BCUT2D eigenvalue weighted by atomic mass is 35.5. The van der Waals surface area contributed by atoms with Crippen molar-refractivity contribution in [1.29, 1.82) is 0 Å². The van der Waals surface area contributed by atoms with Crippen LogP contribution in [0.3, 0.4) is 0 Å². The molecule has 27 heavy (non-hydrogen) atoms. The summed E-state index contributed by atoms with van der Waals surface area (Å²) in [4.78, 5) is 12.1. The number of nitrogens with one attached hydrogen (secondary N) is 1. The van der Waals surface area contributed by atoms with Gasteiger partial charge >= 0.3 is 0 Å². The van der Waals surface area contributed by atoms with Gasteiger partial charge in [-0.1, -0.05) is 41.4 Å². The first-order valence-corrected chi connectivity index (χ1v) is 8.90. The van der Waals surface area contributed by atoms with Crippen molar-refractivity contribution < 1.29 is 9.18 Å². The number of benzene rings is 2. The predicted molar refractivity (Wildman–Crippen MR) is 107 cm³/mol. The van der Waals surface area contributed by atoms with E-state index in [4.69, 9.17) is 23.2 Å². The molecule has 0 aliphatic carbocycles. The molecule has 7 heteroatoms. The maximum atomic E-state index is 12.9. The minimum absolute atomic E-state index is 0.323. The second-order valence-electron chi connectivity index (χ2n) is 5.90. The van der Waals surface area contributed by atoms with Crippen LogP contribution in [-0.4, -0.2) is 15.7 Å². The van der Waals surface area contributed by atoms with Crippen LogP contribution in [0, 0.1) is 12.7 Å². The topological polar surface area (TPSA) is 46.9 Å². The van der Waals surface area contributed by atoms with Crippen molar-refractivity contribution in [3.63, 3.8) is 0 Å². The van der Waals surface area contributed by atoms with Gasteiger partial charge < -0.3 is 5.32 Å². The van der Waals surface area contributed by atoms with E-state index in [-0.39, 0.29) is 11.7 Å². The van der Waals surface area contributed by atoms with E-state index in [0.717, 1.165) is 16.8 Å². The van der Waals surface area contributed by atoms with Crippen molar-refractivity contribution in [2.24, 2.45) is 0 Å². The Morgan fingerprint density at radius 2 is 1.85 bits per heavy atom. The number of nitrogens with zero attached hydrogens (tertiary/aromatic N) is 2. The van der Waals surface area contributed by atoms with Gasteiger partial charge in [0.1, 0.15) is 5.82 Å². The van der Waals surface area contributed by atoms with E-state index < -0.39 is 0 Å². The molecule has 1 N–H and O–H groups in total. The summed E-state index contributed by atoms with van der Waals surface area (Å²) in [5, 5.41) is 8.20. The van der Waals surface area contributed by atoms with Gasteiger partial charge in [0.05, 0.1) is 6.54 Å². The lowest BCUT2D eigenvalue weighted by atomic mass is 10.2. The first-order chi connectivity index (χ1) is 12.9. The molecule has 0 saturated carbocycles. The SMILES string of the molecule is Cc1cc(NC(=O)/C=C/c2ccc(F)cc2)nn1Cc1c(Cl)cccc1Cl. The Labute approximate surface area is 166 Å². The van der Waals surface area contributed by atoms with Crippen molar-refractivity contribution in [3.05, 3.63) is 87.3 Å². The third-order valence-electron chi connectivity index (χ3n) is 3.90. The number of anilines is 1. The van der Waals surface area contributed by atoms with Gasteiger partial charge in [-0.25, -0.2) is 4.39 Å². The Kier molecular flexibility index (Phi) is 5.94. The second kappa shape index (κ2) is 8.37. The van der Waals surface area contributed by atoms with Gasteiger partial charge in [-0.15, -0.1) is 0 Å². The highest BCUT2D eigenvalue weighted by Gasteiger charge is 2.11. The van der Waals surface area contributed by atoms with Crippen molar-refractivity contribution in [2.75, 3.05) is 5.32 Å². The number of halogens is 3. The third-order valence-corrected chi connectivity index (χ3v) is 4.61. The highest BCUT2D eigenvalue weighted by Crippen LogP contribution is 2.25. The molecule has 138 valence electrons. The summed E-state index contributed by atoms with van der Waals surface area (Å²) >= 11 is 12.4. The number of rotatable bonds is 5. The summed E-state index contributed by atoms with van der Waals surface area (Å²) < 4.78 is 14.6. The Morgan fingerprint density at radius 3 is 2.52 bits per heavy atom. The summed E-state index contributed by atoms with van der Waals surface area (Å²) in [6.45, 7) is 2.27. The lowest BCUT2D eigenvalue weighted by molar-refractivity contribution is -0.111. The van der Waals surface area contributed by atoms with Crippen LogP contribution in [0.15, 0.2) is 54.6 Å². The summed E-state index contributed by atoms with van der Waals surface area (Å²) in [7, 11) is 0. The average Bonchev–Trinajstić information content (AvgIpc) is 2.97. The zero-order valence-electron chi connectivity index (χ0n) is 14.4. The molecule has 0 unspecified atom stereocenters. The van der Waals surface area contributed by atoms with E-state index in [0.29, 0.717) is 22.4 Å². The fourth-order valence-corrected chi connectivity index (χ4v) is 3.00. The quantitative estimate of drug-likeness (QED) is 0.584. The zero-order valence-corrected chi connectivity index (χ0v) is 15.9. The molecule has 1 heterocycles. The lowest BCUT2D eigenvalue weighted by Crippen LogP contribution is -2.10. The zero-order chi connectivity index (χ0) is 19.4. The van der Waals surface area contributed by atoms with Crippen LogP contribution in [0.5, 0.6) is 0 Å². The summed E-state index contributed by atoms with van der Waals surface area (Å²) in [6, 6.07) is 12.9. The van der Waals surface area contributed by atoms with Gasteiger partial charge in [0.2, 0.25) is 5.91 Å². The first-order valence-electron chi connectivity index (χ1n) is 8.14. The third kappa shape index (κ3) is 4.96. The van der Waals surface area contributed by atoms with Crippen LogP contribution in [0.2, 0.25) is 10.0 Å². The highest BCUT2D eigenvalue weighted by molar-refractivity contribution is 6.35. The molecule has 4 nitrogen and oxygen atoms in total. The Balaban J connectivity index is 1.69. The molecule has 0 aliphatic rings. The molecule has 1 aromatic heterocycles. The van der Waals surface area contributed by atoms with Crippen molar-refractivity contribution in [3.8, 4) is 0 Å².